The van der Waals surface area contributed by atoms with Gasteiger partial charge < -0.3 is 10.4 Å². The lowest BCUT2D eigenvalue weighted by Crippen LogP contribution is -2.27. The maximum absolute atomic E-state index is 13.2. The van der Waals surface area contributed by atoms with Crippen LogP contribution in [0.3, 0.4) is 0 Å². The van der Waals surface area contributed by atoms with Crippen molar-refractivity contribution in [1.29, 1.82) is 0 Å². The Bertz CT molecular complexity index is 559. The highest BCUT2D eigenvalue weighted by molar-refractivity contribution is 5.97. The molecule has 0 heterocycles. The lowest BCUT2D eigenvalue weighted by Gasteiger charge is -2.07. The highest BCUT2D eigenvalue weighted by atomic mass is 19.1. The molecule has 20 heavy (non-hydrogen) atoms. The summed E-state index contributed by atoms with van der Waals surface area (Å²) in [6.07, 6.45) is 3.24. The molecule has 0 aliphatic heterocycles. The van der Waals surface area contributed by atoms with E-state index in [0.29, 0.717) is 17.0 Å². The van der Waals surface area contributed by atoms with Gasteiger partial charge in [-0.15, -0.1) is 0 Å². The summed E-state index contributed by atoms with van der Waals surface area (Å²) < 4.78 is 13.2. The van der Waals surface area contributed by atoms with Gasteiger partial charge in [0.25, 0.3) is 5.91 Å². The predicted molar refractivity (Wildman–Crippen MR) is 74.6 cm³/mol. The zero-order valence-electron chi connectivity index (χ0n) is 11.4. The standard InChI is InChI=1S/C16H18FNO2/c1-2-4-12-10-15(12)18-16(20)14-7-6-13(17)9-11(14)5-3-8-19/h6-7,9,12,15,19H,2,4,8,10H2,1H3,(H,18,20). The lowest BCUT2D eigenvalue weighted by atomic mass is 10.1. The Hall–Kier alpha value is -1.86. The molecule has 0 aromatic heterocycles. The summed E-state index contributed by atoms with van der Waals surface area (Å²) in [5.41, 5.74) is 0.665. The monoisotopic (exact) mass is 275 g/mol. The van der Waals surface area contributed by atoms with Crippen LogP contribution in [0.5, 0.6) is 0 Å². The minimum absolute atomic E-state index is 0.226. The first kappa shape index (κ1) is 14.5. The summed E-state index contributed by atoms with van der Waals surface area (Å²) >= 11 is 0. The Labute approximate surface area is 118 Å². The second-order valence-electron chi connectivity index (χ2n) is 5.01. The molecule has 2 atom stereocenters. The number of aliphatic hydroxyl groups is 1. The van der Waals surface area contributed by atoms with Gasteiger partial charge in [-0.2, -0.15) is 0 Å². The largest absolute Gasteiger partial charge is 0.384 e. The molecule has 2 N–H and O–H groups in total. The van der Waals surface area contributed by atoms with Crippen LogP contribution in [-0.4, -0.2) is 23.7 Å². The summed E-state index contributed by atoms with van der Waals surface area (Å²) in [6.45, 7) is 1.80. The van der Waals surface area contributed by atoms with Gasteiger partial charge in [-0.3, -0.25) is 4.79 Å². The zero-order valence-corrected chi connectivity index (χ0v) is 11.4. The molecule has 2 unspecified atom stereocenters. The van der Waals surface area contributed by atoms with Gasteiger partial charge in [0.1, 0.15) is 12.4 Å². The molecule has 1 aromatic carbocycles. The number of carbonyl (C=O) groups excluding carboxylic acids is 1. The molecule has 1 saturated carbocycles. The van der Waals surface area contributed by atoms with Gasteiger partial charge in [-0.05, 0) is 37.0 Å². The molecule has 1 aliphatic rings. The number of nitrogens with one attached hydrogen (secondary N) is 1. The number of amides is 1. The number of carbonyl (C=O) groups is 1. The van der Waals surface area contributed by atoms with E-state index in [1.165, 1.54) is 18.2 Å². The van der Waals surface area contributed by atoms with Crippen LogP contribution in [0.15, 0.2) is 18.2 Å². The topological polar surface area (TPSA) is 49.3 Å². The van der Waals surface area contributed by atoms with Crippen LogP contribution in [0, 0.1) is 23.6 Å². The Kier molecular flexibility index (Phi) is 4.75. The predicted octanol–water partition coefficient (Wildman–Crippen LogP) is 2.09. The zero-order chi connectivity index (χ0) is 14.5. The Morgan fingerprint density at radius 1 is 1.55 bits per heavy atom. The fourth-order valence-corrected chi connectivity index (χ4v) is 2.31. The van der Waals surface area contributed by atoms with E-state index in [1.54, 1.807) is 0 Å². The van der Waals surface area contributed by atoms with Crippen LogP contribution >= 0.6 is 0 Å². The van der Waals surface area contributed by atoms with Crippen molar-refractivity contribution >= 4 is 5.91 Å². The summed E-state index contributed by atoms with van der Waals surface area (Å²) in [6, 6.07) is 4.12. The SMILES string of the molecule is CCCC1CC1NC(=O)c1ccc(F)cc1C#CCO. The molecule has 0 radical (unpaired) electrons. The van der Waals surface area contributed by atoms with Crippen molar-refractivity contribution in [2.24, 2.45) is 5.92 Å². The van der Waals surface area contributed by atoms with Gasteiger partial charge in [-0.25, -0.2) is 4.39 Å². The number of aliphatic hydroxyl groups excluding tert-OH is 1. The van der Waals surface area contributed by atoms with Gasteiger partial charge in [-0.1, -0.05) is 25.2 Å². The molecule has 2 rings (SSSR count). The fourth-order valence-electron chi connectivity index (χ4n) is 2.31. The average molecular weight is 275 g/mol. The molecule has 0 bridgehead atoms. The van der Waals surface area contributed by atoms with E-state index < -0.39 is 5.82 Å². The maximum atomic E-state index is 13.2. The number of halogens is 1. The van der Waals surface area contributed by atoms with E-state index >= 15 is 0 Å². The highest BCUT2D eigenvalue weighted by Crippen LogP contribution is 2.34. The van der Waals surface area contributed by atoms with Crippen molar-refractivity contribution in [1.82, 2.24) is 5.32 Å². The second-order valence-corrected chi connectivity index (χ2v) is 5.01. The van der Waals surface area contributed by atoms with Crippen molar-refractivity contribution in [3.8, 4) is 11.8 Å². The van der Waals surface area contributed by atoms with Gasteiger partial charge in [0, 0.05) is 11.6 Å². The summed E-state index contributed by atoms with van der Waals surface area (Å²) in [5, 5.41) is 11.7. The minimum Gasteiger partial charge on any atom is -0.384 e. The molecular weight excluding hydrogens is 257 g/mol. The molecule has 0 saturated heterocycles. The molecule has 1 fully saturated rings. The molecular formula is C16H18FNO2. The Morgan fingerprint density at radius 2 is 2.35 bits per heavy atom. The number of rotatable bonds is 4. The molecule has 4 heteroatoms. The first-order valence-corrected chi connectivity index (χ1v) is 6.85. The van der Waals surface area contributed by atoms with E-state index in [1.807, 2.05) is 0 Å². The normalized spacial score (nSPS) is 19.9. The highest BCUT2D eigenvalue weighted by Gasteiger charge is 2.37. The van der Waals surface area contributed by atoms with Crippen molar-refractivity contribution in [2.75, 3.05) is 6.61 Å². The van der Waals surface area contributed by atoms with Crippen molar-refractivity contribution in [2.45, 2.75) is 32.2 Å². The summed E-state index contributed by atoms with van der Waals surface area (Å²) in [5.74, 6) is 4.95. The van der Waals surface area contributed by atoms with E-state index in [2.05, 4.69) is 24.1 Å². The number of hydrogen-bond donors (Lipinski definition) is 2. The third-order valence-electron chi connectivity index (χ3n) is 3.43. The molecule has 1 amide bonds. The van der Waals surface area contributed by atoms with E-state index in [0.717, 1.165) is 19.3 Å². The van der Waals surface area contributed by atoms with Gasteiger partial charge in [0.2, 0.25) is 0 Å². The average Bonchev–Trinajstić information content (AvgIpc) is 3.14. The third kappa shape index (κ3) is 3.58. The fraction of sp³-hybridized carbons (Fsp3) is 0.438. The lowest BCUT2D eigenvalue weighted by molar-refractivity contribution is 0.0948. The van der Waals surface area contributed by atoms with Gasteiger partial charge >= 0.3 is 0 Å². The van der Waals surface area contributed by atoms with E-state index in [4.69, 9.17) is 5.11 Å². The quantitative estimate of drug-likeness (QED) is 0.827. The minimum atomic E-state index is -0.445. The van der Waals surface area contributed by atoms with Crippen LogP contribution < -0.4 is 5.32 Å². The number of hydrogen-bond acceptors (Lipinski definition) is 2. The van der Waals surface area contributed by atoms with Crippen molar-refractivity contribution < 1.29 is 14.3 Å². The Morgan fingerprint density at radius 3 is 3.05 bits per heavy atom. The van der Waals surface area contributed by atoms with Crippen LogP contribution in [-0.2, 0) is 0 Å². The molecule has 0 spiro atoms. The van der Waals surface area contributed by atoms with Crippen LogP contribution in [0.4, 0.5) is 4.39 Å². The van der Waals surface area contributed by atoms with Crippen molar-refractivity contribution in [3.63, 3.8) is 0 Å². The molecule has 1 aromatic rings. The van der Waals surface area contributed by atoms with Gasteiger partial charge in [0.15, 0.2) is 0 Å². The maximum Gasteiger partial charge on any atom is 0.252 e. The molecule has 106 valence electrons. The van der Waals surface area contributed by atoms with Gasteiger partial charge in [0.05, 0.1) is 5.56 Å². The summed E-state index contributed by atoms with van der Waals surface area (Å²) in [7, 11) is 0. The first-order chi connectivity index (χ1) is 9.65. The van der Waals surface area contributed by atoms with Crippen LogP contribution in [0.25, 0.3) is 0 Å². The Balaban J connectivity index is 2.09. The summed E-state index contributed by atoms with van der Waals surface area (Å²) in [4.78, 5) is 12.2. The van der Waals surface area contributed by atoms with Crippen molar-refractivity contribution in [3.05, 3.63) is 35.1 Å². The van der Waals surface area contributed by atoms with E-state index in [-0.39, 0.29) is 18.6 Å². The smallest absolute Gasteiger partial charge is 0.252 e. The second kappa shape index (κ2) is 6.53. The number of benzene rings is 1. The van der Waals surface area contributed by atoms with Crippen LogP contribution in [0.2, 0.25) is 0 Å². The van der Waals surface area contributed by atoms with Crippen LogP contribution in [0.1, 0.15) is 42.1 Å². The molecule has 1 aliphatic carbocycles. The molecule has 3 nitrogen and oxygen atoms in total. The van der Waals surface area contributed by atoms with E-state index in [9.17, 15) is 9.18 Å². The first-order valence-electron chi connectivity index (χ1n) is 6.85. The third-order valence-corrected chi connectivity index (χ3v) is 3.43.